The minimum absolute atomic E-state index is 0.0871. The van der Waals surface area contributed by atoms with Crippen LogP contribution in [0.4, 0.5) is 0 Å². The van der Waals surface area contributed by atoms with Gasteiger partial charge in [0.25, 0.3) is 0 Å². The Kier molecular flexibility index (Phi) is 6.31. The maximum atomic E-state index is 12.0. The van der Waals surface area contributed by atoms with E-state index in [2.05, 4.69) is 10.1 Å². The van der Waals surface area contributed by atoms with E-state index in [1.54, 1.807) is 6.07 Å². The second-order valence-electron chi connectivity index (χ2n) is 4.20. The number of esters is 1. The highest BCUT2D eigenvalue weighted by Crippen LogP contribution is 2.29. The summed E-state index contributed by atoms with van der Waals surface area (Å²) in [4.78, 5) is 36.2. The minimum atomic E-state index is -0.589. The molecule has 0 radical (unpaired) electrons. The summed E-state index contributed by atoms with van der Waals surface area (Å²) in [5, 5.41) is 11.1. The SMILES string of the molecule is COC(=O)CCNC(=O)C1CSC(C)N1C(=O)CC#N. The van der Waals surface area contributed by atoms with Gasteiger partial charge in [0.05, 0.1) is 25.0 Å². The normalized spacial score (nSPS) is 21.1. The van der Waals surface area contributed by atoms with Crippen molar-refractivity contribution in [2.45, 2.75) is 31.2 Å². The molecule has 8 heteroatoms. The molecule has 0 bridgehead atoms. The highest BCUT2D eigenvalue weighted by atomic mass is 32.2. The third-order valence-electron chi connectivity index (χ3n) is 2.90. The fraction of sp³-hybridized carbons (Fsp3) is 0.667. The number of carbonyl (C=O) groups excluding carboxylic acids is 3. The molecule has 0 aromatic heterocycles. The van der Waals surface area contributed by atoms with Crippen LogP contribution in [0.5, 0.6) is 0 Å². The number of rotatable bonds is 5. The van der Waals surface area contributed by atoms with Crippen molar-refractivity contribution >= 4 is 29.5 Å². The van der Waals surface area contributed by atoms with Gasteiger partial charge in [0.15, 0.2) is 0 Å². The van der Waals surface area contributed by atoms with Crippen molar-refractivity contribution in [3.05, 3.63) is 0 Å². The summed E-state index contributed by atoms with van der Waals surface area (Å²) in [5.41, 5.74) is 0. The first-order valence-electron chi connectivity index (χ1n) is 6.15. The lowest BCUT2D eigenvalue weighted by molar-refractivity contribution is -0.141. The molecule has 0 aliphatic carbocycles. The highest BCUT2D eigenvalue weighted by Gasteiger charge is 2.38. The molecule has 7 nitrogen and oxygen atoms in total. The van der Waals surface area contributed by atoms with Crippen LogP contribution in [0.25, 0.3) is 0 Å². The van der Waals surface area contributed by atoms with E-state index < -0.39 is 12.0 Å². The Bertz CT molecular complexity index is 435. The van der Waals surface area contributed by atoms with Crippen molar-refractivity contribution in [2.24, 2.45) is 0 Å². The summed E-state index contributed by atoms with van der Waals surface area (Å²) in [6.07, 6.45) is -0.152. The molecule has 1 aliphatic rings. The summed E-state index contributed by atoms with van der Waals surface area (Å²) in [7, 11) is 1.28. The summed E-state index contributed by atoms with van der Waals surface area (Å²) in [5.74, 6) is -0.574. The lowest BCUT2D eigenvalue weighted by atomic mass is 10.2. The maximum absolute atomic E-state index is 12.0. The van der Waals surface area contributed by atoms with Crippen LogP contribution in [0.15, 0.2) is 0 Å². The number of nitrogens with one attached hydrogen (secondary N) is 1. The molecule has 2 unspecified atom stereocenters. The summed E-state index contributed by atoms with van der Waals surface area (Å²) >= 11 is 1.48. The molecule has 1 N–H and O–H groups in total. The number of methoxy groups -OCH3 is 1. The average molecular weight is 299 g/mol. The predicted octanol–water partition coefficient (Wildman–Crippen LogP) is -0.131. The van der Waals surface area contributed by atoms with Gasteiger partial charge in [0.2, 0.25) is 11.8 Å². The average Bonchev–Trinajstić information content (AvgIpc) is 2.80. The number of nitriles is 1. The van der Waals surface area contributed by atoms with Crippen LogP contribution in [0.2, 0.25) is 0 Å². The first-order chi connectivity index (χ1) is 9.51. The second-order valence-corrected chi connectivity index (χ2v) is 5.55. The molecule has 0 aromatic rings. The van der Waals surface area contributed by atoms with E-state index >= 15 is 0 Å². The number of nitrogens with zero attached hydrogens (tertiary/aromatic N) is 2. The fourth-order valence-corrected chi connectivity index (χ4v) is 3.09. The van der Waals surface area contributed by atoms with E-state index in [0.29, 0.717) is 5.75 Å². The molecule has 1 saturated heterocycles. The molecule has 1 aliphatic heterocycles. The minimum Gasteiger partial charge on any atom is -0.469 e. The molecule has 1 fully saturated rings. The molecule has 0 aromatic carbocycles. The number of thioether (sulfide) groups is 1. The third kappa shape index (κ3) is 4.13. The standard InChI is InChI=1S/C12H17N3O4S/c1-8-15(10(16)3-5-13)9(7-20-8)12(18)14-6-4-11(17)19-2/h8-9H,3-4,6-7H2,1-2H3,(H,14,18). The van der Waals surface area contributed by atoms with E-state index in [-0.39, 0.29) is 36.6 Å². The monoisotopic (exact) mass is 299 g/mol. The van der Waals surface area contributed by atoms with Crippen LogP contribution in [-0.2, 0) is 19.1 Å². The zero-order chi connectivity index (χ0) is 15.1. The van der Waals surface area contributed by atoms with Crippen LogP contribution in [0.1, 0.15) is 19.8 Å². The first kappa shape index (κ1) is 16.3. The van der Waals surface area contributed by atoms with Gasteiger partial charge in [-0.25, -0.2) is 0 Å². The van der Waals surface area contributed by atoms with Crippen molar-refractivity contribution in [1.29, 1.82) is 5.26 Å². The number of ether oxygens (including phenoxy) is 1. The Morgan fingerprint density at radius 3 is 2.80 bits per heavy atom. The second kappa shape index (κ2) is 7.75. The van der Waals surface area contributed by atoms with Gasteiger partial charge in [-0.15, -0.1) is 11.8 Å². The van der Waals surface area contributed by atoms with E-state index in [0.717, 1.165) is 0 Å². The predicted molar refractivity (Wildman–Crippen MR) is 72.4 cm³/mol. The van der Waals surface area contributed by atoms with Gasteiger partial charge in [0, 0.05) is 12.3 Å². The van der Waals surface area contributed by atoms with Crippen LogP contribution in [0, 0.1) is 11.3 Å². The lowest BCUT2D eigenvalue weighted by Crippen LogP contribution is -2.49. The van der Waals surface area contributed by atoms with Gasteiger partial charge in [-0.1, -0.05) is 0 Å². The largest absolute Gasteiger partial charge is 0.469 e. The van der Waals surface area contributed by atoms with Crippen molar-refractivity contribution in [3.8, 4) is 6.07 Å². The maximum Gasteiger partial charge on any atom is 0.307 e. The van der Waals surface area contributed by atoms with Crippen LogP contribution < -0.4 is 5.32 Å². The molecule has 110 valence electrons. The zero-order valence-electron chi connectivity index (χ0n) is 11.4. The fourth-order valence-electron chi connectivity index (χ4n) is 1.89. The molecule has 0 spiro atoms. The third-order valence-corrected chi connectivity index (χ3v) is 4.12. The van der Waals surface area contributed by atoms with E-state index in [1.807, 2.05) is 6.92 Å². The molecule has 2 atom stereocenters. The van der Waals surface area contributed by atoms with Gasteiger partial charge in [0.1, 0.15) is 12.5 Å². The number of hydrogen-bond donors (Lipinski definition) is 1. The lowest BCUT2D eigenvalue weighted by Gasteiger charge is -2.25. The topological polar surface area (TPSA) is 99.5 Å². The molecular weight excluding hydrogens is 282 g/mol. The van der Waals surface area contributed by atoms with Crippen molar-refractivity contribution < 1.29 is 19.1 Å². The Morgan fingerprint density at radius 2 is 2.20 bits per heavy atom. The molecule has 20 heavy (non-hydrogen) atoms. The van der Waals surface area contributed by atoms with Gasteiger partial charge < -0.3 is 15.0 Å². The summed E-state index contributed by atoms with van der Waals surface area (Å²) in [6, 6.07) is 1.21. The van der Waals surface area contributed by atoms with Gasteiger partial charge >= 0.3 is 5.97 Å². The van der Waals surface area contributed by atoms with E-state index in [1.165, 1.54) is 23.8 Å². The van der Waals surface area contributed by atoms with Crippen molar-refractivity contribution in [2.75, 3.05) is 19.4 Å². The Labute approximate surface area is 121 Å². The number of hydrogen-bond acceptors (Lipinski definition) is 6. The van der Waals surface area contributed by atoms with E-state index in [9.17, 15) is 14.4 Å². The molecule has 1 rings (SSSR count). The Hall–Kier alpha value is -1.75. The first-order valence-corrected chi connectivity index (χ1v) is 7.20. The zero-order valence-corrected chi connectivity index (χ0v) is 12.2. The molecule has 0 saturated carbocycles. The van der Waals surface area contributed by atoms with Crippen LogP contribution in [-0.4, -0.2) is 53.5 Å². The van der Waals surface area contributed by atoms with E-state index in [4.69, 9.17) is 5.26 Å². The summed E-state index contributed by atoms with van der Waals surface area (Å²) in [6.45, 7) is 1.99. The molecular formula is C12H17N3O4S. The van der Waals surface area contributed by atoms with Gasteiger partial charge in [-0.3, -0.25) is 14.4 Å². The Morgan fingerprint density at radius 1 is 1.50 bits per heavy atom. The van der Waals surface area contributed by atoms with Crippen LogP contribution >= 0.6 is 11.8 Å². The highest BCUT2D eigenvalue weighted by molar-refractivity contribution is 8.00. The number of amides is 2. The smallest absolute Gasteiger partial charge is 0.307 e. The van der Waals surface area contributed by atoms with Gasteiger partial charge in [-0.05, 0) is 6.92 Å². The molecule has 2 amide bonds. The van der Waals surface area contributed by atoms with Gasteiger partial charge in [-0.2, -0.15) is 5.26 Å². The van der Waals surface area contributed by atoms with Crippen LogP contribution in [0.3, 0.4) is 0 Å². The van der Waals surface area contributed by atoms with Crippen molar-refractivity contribution in [1.82, 2.24) is 10.2 Å². The van der Waals surface area contributed by atoms with Crippen molar-refractivity contribution in [3.63, 3.8) is 0 Å². The Balaban J connectivity index is 2.55. The quantitative estimate of drug-likeness (QED) is 0.710. The molecule has 1 heterocycles. The number of carbonyl (C=O) groups is 3. The summed E-state index contributed by atoms with van der Waals surface area (Å²) < 4.78 is 4.47.